The summed E-state index contributed by atoms with van der Waals surface area (Å²) < 4.78 is 6.77. The molecule has 0 unspecified atom stereocenters. The maximum absolute atomic E-state index is 10.7. The van der Waals surface area contributed by atoms with Crippen molar-refractivity contribution in [1.82, 2.24) is 4.57 Å². The number of ether oxygens (including phenoxy) is 1. The fourth-order valence-corrected chi connectivity index (χ4v) is 1.61. The topological polar surface area (TPSA) is 75.2 Å². The van der Waals surface area contributed by atoms with Gasteiger partial charge in [-0.3, -0.25) is 0 Å². The monoisotopic (exact) mass is 242 g/mol. The lowest BCUT2D eigenvalue weighted by atomic mass is 10.2. The van der Waals surface area contributed by atoms with E-state index in [0.29, 0.717) is 11.3 Å². The fourth-order valence-electron chi connectivity index (χ4n) is 1.61. The molecule has 2 rings (SSSR count). The molecule has 1 aromatic heterocycles. The summed E-state index contributed by atoms with van der Waals surface area (Å²) in [5.74, 6) is -0.482. The molecule has 5 nitrogen and oxygen atoms in total. The Labute approximate surface area is 103 Å². The summed E-state index contributed by atoms with van der Waals surface area (Å²) in [6.45, 7) is 0. The number of nitriles is 1. The molecule has 0 bridgehead atoms. The summed E-state index contributed by atoms with van der Waals surface area (Å²) >= 11 is 0. The number of carboxylic acids is 1. The van der Waals surface area contributed by atoms with E-state index in [1.165, 1.54) is 19.2 Å². The van der Waals surface area contributed by atoms with Crippen LogP contribution in [0.5, 0.6) is 5.75 Å². The van der Waals surface area contributed by atoms with Crippen molar-refractivity contribution in [1.29, 1.82) is 5.26 Å². The predicted octanol–water partition coefficient (Wildman–Crippen LogP) is 2.06. The normalized spacial score (nSPS) is 9.78. The second-order valence-corrected chi connectivity index (χ2v) is 3.61. The zero-order valence-corrected chi connectivity index (χ0v) is 9.62. The molecule has 0 aliphatic rings. The van der Waals surface area contributed by atoms with Crippen LogP contribution in [0, 0.1) is 11.3 Å². The van der Waals surface area contributed by atoms with E-state index >= 15 is 0 Å². The van der Waals surface area contributed by atoms with Gasteiger partial charge in [0.05, 0.1) is 18.9 Å². The molecule has 2 aromatic rings. The highest BCUT2D eigenvalue weighted by molar-refractivity contribution is 5.87. The Hall–Kier alpha value is -2.74. The number of hydrogen-bond acceptors (Lipinski definition) is 3. The van der Waals surface area contributed by atoms with Crippen molar-refractivity contribution in [3.05, 3.63) is 47.8 Å². The predicted molar refractivity (Wildman–Crippen MR) is 64.0 cm³/mol. The van der Waals surface area contributed by atoms with E-state index in [1.807, 2.05) is 6.07 Å². The quantitative estimate of drug-likeness (QED) is 0.893. The van der Waals surface area contributed by atoms with Crippen LogP contribution in [-0.4, -0.2) is 22.8 Å². The minimum absolute atomic E-state index is 0.221. The lowest BCUT2D eigenvalue weighted by molar-refractivity contribution is 0.0697. The average molecular weight is 242 g/mol. The lowest BCUT2D eigenvalue weighted by Crippen LogP contribution is -1.97. The molecule has 0 fully saturated rings. The van der Waals surface area contributed by atoms with Crippen LogP contribution in [0.3, 0.4) is 0 Å². The van der Waals surface area contributed by atoms with Gasteiger partial charge in [-0.2, -0.15) is 5.26 Å². The minimum atomic E-state index is -0.968. The van der Waals surface area contributed by atoms with Gasteiger partial charge in [-0.1, -0.05) is 0 Å². The molecule has 0 amide bonds. The molecule has 5 heteroatoms. The molecule has 90 valence electrons. The first-order valence-electron chi connectivity index (χ1n) is 5.15. The van der Waals surface area contributed by atoms with Crippen LogP contribution in [0.4, 0.5) is 0 Å². The number of hydrogen-bond donors (Lipinski definition) is 1. The highest BCUT2D eigenvalue weighted by atomic mass is 16.5. The van der Waals surface area contributed by atoms with Gasteiger partial charge in [0.1, 0.15) is 11.6 Å². The van der Waals surface area contributed by atoms with Crippen LogP contribution in [0.25, 0.3) is 5.69 Å². The first-order valence-corrected chi connectivity index (χ1v) is 5.15. The number of carboxylic acid groups (broad SMARTS) is 1. The smallest absolute Gasteiger partial charge is 0.335 e. The van der Waals surface area contributed by atoms with Crippen LogP contribution in [0.2, 0.25) is 0 Å². The average Bonchev–Trinajstić information content (AvgIpc) is 2.82. The SMILES string of the molecule is COc1cn(-c2ccc(C(=O)O)cc2)cc1C#N. The Bertz CT molecular complexity index is 621. The van der Waals surface area contributed by atoms with E-state index < -0.39 is 5.97 Å². The van der Waals surface area contributed by atoms with Gasteiger partial charge in [-0.15, -0.1) is 0 Å². The van der Waals surface area contributed by atoms with E-state index in [2.05, 4.69) is 0 Å². The summed E-state index contributed by atoms with van der Waals surface area (Å²) in [4.78, 5) is 10.7. The Morgan fingerprint density at radius 3 is 2.44 bits per heavy atom. The molecule has 0 aliphatic heterocycles. The number of nitrogens with zero attached hydrogens (tertiary/aromatic N) is 2. The Kier molecular flexibility index (Phi) is 3.02. The number of rotatable bonds is 3. The van der Waals surface area contributed by atoms with Crippen molar-refractivity contribution in [2.75, 3.05) is 7.11 Å². The van der Waals surface area contributed by atoms with E-state index in [-0.39, 0.29) is 5.56 Å². The maximum atomic E-state index is 10.7. The molecule has 1 aromatic carbocycles. The molecule has 0 saturated heterocycles. The van der Waals surface area contributed by atoms with Crippen molar-refractivity contribution >= 4 is 5.97 Å². The Morgan fingerprint density at radius 1 is 1.33 bits per heavy atom. The van der Waals surface area contributed by atoms with Crippen molar-refractivity contribution in [2.45, 2.75) is 0 Å². The molecule has 18 heavy (non-hydrogen) atoms. The molecular weight excluding hydrogens is 232 g/mol. The molecule has 0 atom stereocenters. The van der Waals surface area contributed by atoms with Gasteiger partial charge < -0.3 is 14.4 Å². The number of aromatic nitrogens is 1. The highest BCUT2D eigenvalue weighted by Crippen LogP contribution is 2.21. The molecule has 1 heterocycles. The van der Waals surface area contributed by atoms with E-state index in [9.17, 15) is 4.79 Å². The van der Waals surface area contributed by atoms with Gasteiger partial charge in [0.2, 0.25) is 0 Å². The van der Waals surface area contributed by atoms with Gasteiger partial charge in [0, 0.05) is 11.9 Å². The van der Waals surface area contributed by atoms with Gasteiger partial charge in [0.25, 0.3) is 0 Å². The van der Waals surface area contributed by atoms with Crippen LogP contribution >= 0.6 is 0 Å². The third-order valence-electron chi connectivity index (χ3n) is 2.54. The molecule has 1 N–H and O–H groups in total. The highest BCUT2D eigenvalue weighted by Gasteiger charge is 2.08. The van der Waals surface area contributed by atoms with Gasteiger partial charge in [0.15, 0.2) is 5.75 Å². The van der Waals surface area contributed by atoms with Crippen LogP contribution in [-0.2, 0) is 0 Å². The number of carbonyl (C=O) groups is 1. The Morgan fingerprint density at radius 2 is 2.00 bits per heavy atom. The summed E-state index contributed by atoms with van der Waals surface area (Å²) in [7, 11) is 1.49. The van der Waals surface area contributed by atoms with E-state index in [4.69, 9.17) is 15.1 Å². The van der Waals surface area contributed by atoms with Crippen molar-refractivity contribution < 1.29 is 14.6 Å². The Balaban J connectivity index is 2.40. The van der Waals surface area contributed by atoms with Crippen LogP contribution in [0.15, 0.2) is 36.7 Å². The third kappa shape index (κ3) is 2.04. The van der Waals surface area contributed by atoms with Crippen LogP contribution in [0.1, 0.15) is 15.9 Å². The summed E-state index contributed by atoms with van der Waals surface area (Å²) in [6, 6.07) is 8.39. The first kappa shape index (κ1) is 11.7. The maximum Gasteiger partial charge on any atom is 0.335 e. The van der Waals surface area contributed by atoms with Crippen molar-refractivity contribution in [2.24, 2.45) is 0 Å². The molecule has 0 aliphatic carbocycles. The second-order valence-electron chi connectivity index (χ2n) is 3.61. The number of benzene rings is 1. The molecule has 0 saturated carbocycles. The largest absolute Gasteiger partial charge is 0.494 e. The molecular formula is C13H10N2O3. The fraction of sp³-hybridized carbons (Fsp3) is 0.0769. The summed E-state index contributed by atoms with van der Waals surface area (Å²) in [5.41, 5.74) is 1.41. The first-order chi connectivity index (χ1) is 8.65. The van der Waals surface area contributed by atoms with Gasteiger partial charge in [-0.05, 0) is 24.3 Å². The van der Waals surface area contributed by atoms with Gasteiger partial charge >= 0.3 is 5.97 Å². The van der Waals surface area contributed by atoms with E-state index in [1.54, 1.807) is 29.1 Å². The standard InChI is InChI=1S/C13H10N2O3/c1-18-12-8-15(7-10(12)6-14)11-4-2-9(3-5-11)13(16)17/h2-5,7-8H,1H3,(H,16,17). The zero-order chi connectivity index (χ0) is 13.1. The van der Waals surface area contributed by atoms with Crippen molar-refractivity contribution in [3.63, 3.8) is 0 Å². The number of methoxy groups -OCH3 is 1. The number of aromatic carboxylic acids is 1. The summed E-state index contributed by atoms with van der Waals surface area (Å²) in [5, 5.41) is 17.7. The molecule has 0 spiro atoms. The minimum Gasteiger partial charge on any atom is -0.494 e. The van der Waals surface area contributed by atoms with Gasteiger partial charge in [-0.25, -0.2) is 4.79 Å². The third-order valence-corrected chi connectivity index (χ3v) is 2.54. The zero-order valence-electron chi connectivity index (χ0n) is 9.62. The van der Waals surface area contributed by atoms with E-state index in [0.717, 1.165) is 5.69 Å². The van der Waals surface area contributed by atoms with Crippen molar-refractivity contribution in [3.8, 4) is 17.5 Å². The lowest BCUT2D eigenvalue weighted by Gasteiger charge is -2.02. The second kappa shape index (κ2) is 4.63. The van der Waals surface area contributed by atoms with Crippen LogP contribution < -0.4 is 4.74 Å². The summed E-state index contributed by atoms with van der Waals surface area (Å²) in [6.07, 6.45) is 3.31. The molecule has 0 radical (unpaired) electrons.